The Labute approximate surface area is 94.5 Å². The van der Waals surface area contributed by atoms with Crippen molar-refractivity contribution in [2.45, 2.75) is 59.3 Å². The summed E-state index contributed by atoms with van der Waals surface area (Å²) >= 11 is 0. The van der Waals surface area contributed by atoms with Gasteiger partial charge in [-0.15, -0.1) is 0 Å². The summed E-state index contributed by atoms with van der Waals surface area (Å²) in [5.74, 6) is 1.76. The quantitative estimate of drug-likeness (QED) is 0.602. The minimum absolute atomic E-state index is 0.857. The fraction of sp³-hybridized carbons (Fsp3) is 0.733. The minimum atomic E-state index is 0.857. The molecule has 15 heavy (non-hydrogen) atoms. The Balaban J connectivity index is 2.34. The van der Waals surface area contributed by atoms with Crippen molar-refractivity contribution in [2.24, 2.45) is 11.8 Å². The zero-order chi connectivity index (χ0) is 10.8. The average Bonchev–Trinajstić information content (AvgIpc) is 2.28. The second-order valence-corrected chi connectivity index (χ2v) is 5.16. The molecule has 0 heterocycles. The lowest BCUT2D eigenvalue weighted by molar-refractivity contribution is 0.334. The molecule has 0 aromatic rings. The van der Waals surface area contributed by atoms with Crippen molar-refractivity contribution in [1.82, 2.24) is 0 Å². The van der Waals surface area contributed by atoms with Crippen LogP contribution in [0.3, 0.4) is 0 Å². The molecule has 0 nitrogen and oxygen atoms in total. The number of hydrogen-bond acceptors (Lipinski definition) is 0. The number of allylic oxidation sites excluding steroid dienone is 4. The highest BCUT2D eigenvalue weighted by atomic mass is 14.4. The maximum absolute atomic E-state index is 2.49. The SMILES string of the molecule is CCC1=C2CCCC[C@@H]2[C@H](CC)C(C)=C1. The third-order valence-electron chi connectivity index (χ3n) is 4.36. The van der Waals surface area contributed by atoms with E-state index >= 15 is 0 Å². The van der Waals surface area contributed by atoms with Crippen LogP contribution in [0.5, 0.6) is 0 Å². The molecule has 84 valence electrons. The molecule has 0 saturated heterocycles. The Bertz CT molecular complexity index is 293. The van der Waals surface area contributed by atoms with Crippen LogP contribution in [0.25, 0.3) is 0 Å². The molecule has 0 aromatic carbocycles. The standard InChI is InChI=1S/C15H24/c1-4-12-10-11(3)13(5-2)15-9-7-6-8-14(12)15/h10,13,15H,4-9H2,1-3H3/t13-,15-/m1/s1. The Kier molecular flexibility index (Phi) is 3.33. The van der Waals surface area contributed by atoms with Gasteiger partial charge >= 0.3 is 0 Å². The largest absolute Gasteiger partial charge is 0.0694 e. The minimum Gasteiger partial charge on any atom is -0.0694 e. The summed E-state index contributed by atoms with van der Waals surface area (Å²) in [4.78, 5) is 0. The lowest BCUT2D eigenvalue weighted by Gasteiger charge is -2.37. The van der Waals surface area contributed by atoms with Gasteiger partial charge in [0.25, 0.3) is 0 Å². The van der Waals surface area contributed by atoms with Gasteiger partial charge in [-0.25, -0.2) is 0 Å². The van der Waals surface area contributed by atoms with Gasteiger partial charge in [-0.05, 0) is 56.4 Å². The van der Waals surface area contributed by atoms with Crippen molar-refractivity contribution in [3.63, 3.8) is 0 Å². The van der Waals surface area contributed by atoms with Crippen molar-refractivity contribution in [1.29, 1.82) is 0 Å². The molecule has 2 aliphatic carbocycles. The van der Waals surface area contributed by atoms with Gasteiger partial charge in [-0.1, -0.05) is 37.5 Å². The molecule has 1 saturated carbocycles. The van der Waals surface area contributed by atoms with Gasteiger partial charge in [-0.2, -0.15) is 0 Å². The number of rotatable bonds is 2. The van der Waals surface area contributed by atoms with Gasteiger partial charge in [0.1, 0.15) is 0 Å². The summed E-state index contributed by atoms with van der Waals surface area (Å²) in [6, 6.07) is 0. The van der Waals surface area contributed by atoms with E-state index in [1.54, 1.807) is 11.1 Å². The van der Waals surface area contributed by atoms with Crippen LogP contribution in [-0.2, 0) is 0 Å². The van der Waals surface area contributed by atoms with Crippen molar-refractivity contribution < 1.29 is 0 Å². The van der Waals surface area contributed by atoms with Crippen LogP contribution in [0.1, 0.15) is 59.3 Å². The fourth-order valence-electron chi connectivity index (χ4n) is 3.61. The first-order valence-corrected chi connectivity index (χ1v) is 6.68. The predicted octanol–water partition coefficient (Wildman–Crippen LogP) is 4.87. The van der Waals surface area contributed by atoms with E-state index < -0.39 is 0 Å². The van der Waals surface area contributed by atoms with Crippen molar-refractivity contribution in [2.75, 3.05) is 0 Å². The summed E-state index contributed by atoms with van der Waals surface area (Å²) in [5, 5.41) is 0. The third-order valence-corrected chi connectivity index (χ3v) is 4.36. The zero-order valence-electron chi connectivity index (χ0n) is 10.5. The van der Waals surface area contributed by atoms with E-state index in [0.717, 1.165) is 11.8 Å². The van der Waals surface area contributed by atoms with Crippen LogP contribution in [-0.4, -0.2) is 0 Å². The maximum atomic E-state index is 2.49. The molecule has 0 unspecified atom stereocenters. The Hall–Kier alpha value is -0.520. The first-order chi connectivity index (χ1) is 7.27. The van der Waals surface area contributed by atoms with Gasteiger partial charge in [0, 0.05) is 0 Å². The van der Waals surface area contributed by atoms with Gasteiger partial charge in [-0.3, -0.25) is 0 Å². The molecule has 0 aromatic heterocycles. The summed E-state index contributed by atoms with van der Waals surface area (Å²) in [7, 11) is 0. The first kappa shape index (κ1) is 11.0. The third kappa shape index (κ3) is 1.91. The fourth-order valence-corrected chi connectivity index (χ4v) is 3.61. The van der Waals surface area contributed by atoms with Crippen molar-refractivity contribution >= 4 is 0 Å². The summed E-state index contributed by atoms with van der Waals surface area (Å²) < 4.78 is 0. The van der Waals surface area contributed by atoms with Crippen LogP contribution in [0, 0.1) is 11.8 Å². The molecule has 0 spiro atoms. The molecule has 0 bridgehead atoms. The Morgan fingerprint density at radius 1 is 1.27 bits per heavy atom. The van der Waals surface area contributed by atoms with Crippen LogP contribution in [0.2, 0.25) is 0 Å². The van der Waals surface area contributed by atoms with Gasteiger partial charge in [0.05, 0.1) is 0 Å². The van der Waals surface area contributed by atoms with Crippen LogP contribution in [0.15, 0.2) is 22.8 Å². The van der Waals surface area contributed by atoms with Crippen LogP contribution < -0.4 is 0 Å². The van der Waals surface area contributed by atoms with E-state index in [4.69, 9.17) is 0 Å². The molecule has 0 heteroatoms. The van der Waals surface area contributed by atoms with Crippen molar-refractivity contribution in [3.05, 3.63) is 22.8 Å². The molecule has 0 radical (unpaired) electrons. The van der Waals surface area contributed by atoms with E-state index in [-0.39, 0.29) is 0 Å². The monoisotopic (exact) mass is 204 g/mol. The van der Waals surface area contributed by atoms with Gasteiger partial charge in [0.2, 0.25) is 0 Å². The molecule has 0 aliphatic heterocycles. The van der Waals surface area contributed by atoms with Crippen molar-refractivity contribution in [3.8, 4) is 0 Å². The Morgan fingerprint density at radius 3 is 2.73 bits per heavy atom. The lowest BCUT2D eigenvalue weighted by Crippen LogP contribution is -2.25. The van der Waals surface area contributed by atoms with Crippen LogP contribution >= 0.6 is 0 Å². The molecule has 2 atom stereocenters. The molecular formula is C15H24. The number of fused-ring (bicyclic) bond motifs is 1. The second-order valence-electron chi connectivity index (χ2n) is 5.16. The molecule has 1 fully saturated rings. The van der Waals surface area contributed by atoms with E-state index in [0.29, 0.717) is 0 Å². The molecule has 2 aliphatic rings. The average molecular weight is 204 g/mol. The normalized spacial score (nSPS) is 31.3. The maximum Gasteiger partial charge on any atom is -0.0132 e. The molecule has 2 rings (SSSR count). The summed E-state index contributed by atoms with van der Waals surface area (Å²) in [5.41, 5.74) is 5.13. The van der Waals surface area contributed by atoms with E-state index in [1.807, 2.05) is 5.57 Å². The molecular weight excluding hydrogens is 180 g/mol. The van der Waals surface area contributed by atoms with Crippen LogP contribution in [0.4, 0.5) is 0 Å². The summed E-state index contributed by atoms with van der Waals surface area (Å²) in [6.07, 6.45) is 10.8. The topological polar surface area (TPSA) is 0 Å². The lowest BCUT2D eigenvalue weighted by atomic mass is 9.67. The smallest absolute Gasteiger partial charge is 0.0132 e. The summed E-state index contributed by atoms with van der Waals surface area (Å²) in [6.45, 7) is 7.00. The molecule has 0 N–H and O–H groups in total. The zero-order valence-corrected chi connectivity index (χ0v) is 10.5. The van der Waals surface area contributed by atoms with Gasteiger partial charge < -0.3 is 0 Å². The van der Waals surface area contributed by atoms with E-state index in [1.165, 1.54) is 38.5 Å². The first-order valence-electron chi connectivity index (χ1n) is 6.68. The Morgan fingerprint density at radius 2 is 2.07 bits per heavy atom. The van der Waals surface area contributed by atoms with E-state index in [9.17, 15) is 0 Å². The second kappa shape index (κ2) is 4.55. The predicted molar refractivity (Wildman–Crippen MR) is 66.8 cm³/mol. The number of hydrogen-bond donors (Lipinski definition) is 0. The highest BCUT2D eigenvalue weighted by molar-refractivity contribution is 5.37. The van der Waals surface area contributed by atoms with E-state index in [2.05, 4.69) is 26.8 Å². The highest BCUT2D eigenvalue weighted by Gasteiger charge is 2.31. The molecule has 0 amide bonds. The highest BCUT2D eigenvalue weighted by Crippen LogP contribution is 2.44. The van der Waals surface area contributed by atoms with Gasteiger partial charge in [0.15, 0.2) is 0 Å².